The number of carbonyl (C=O) groups is 8. The van der Waals surface area contributed by atoms with Gasteiger partial charge in [-0.25, -0.2) is 0 Å². The van der Waals surface area contributed by atoms with Gasteiger partial charge in [0.1, 0.15) is 11.6 Å². The Morgan fingerprint density at radius 1 is 0.650 bits per heavy atom. The van der Waals surface area contributed by atoms with Crippen molar-refractivity contribution in [1.29, 1.82) is 0 Å². The molecule has 0 saturated heterocycles. The van der Waals surface area contributed by atoms with Gasteiger partial charge in [-0.3, -0.25) is 9.59 Å². The van der Waals surface area contributed by atoms with Gasteiger partial charge in [0.2, 0.25) is 0 Å². The zero-order chi connectivity index (χ0) is 16.5. The molecule has 0 heterocycles. The van der Waals surface area contributed by atoms with Crippen LogP contribution in [0.1, 0.15) is 20.3 Å². The van der Waals surface area contributed by atoms with Crippen molar-refractivity contribution in [1.82, 2.24) is 0 Å². The van der Waals surface area contributed by atoms with Crippen LogP contribution in [0.2, 0.25) is 0 Å². The van der Waals surface area contributed by atoms with Crippen LogP contribution in [0, 0.1) is 0 Å². The van der Waals surface area contributed by atoms with E-state index in [0.29, 0.717) is 0 Å². The maximum absolute atomic E-state index is 10.6. The molecule has 0 N–H and O–H groups in total. The Hall–Kier alpha value is -1.95. The van der Waals surface area contributed by atoms with E-state index >= 15 is 0 Å². The summed E-state index contributed by atoms with van der Waals surface area (Å²) in [6, 6.07) is 0. The molecule has 0 atom stereocenters. The van der Waals surface area contributed by atoms with Crippen LogP contribution in [0.25, 0.3) is 0 Å². The van der Waals surface area contributed by atoms with Gasteiger partial charge < -0.3 is 0 Å². The van der Waals surface area contributed by atoms with Crippen LogP contribution in [0.5, 0.6) is 0 Å². The second-order valence-electron chi connectivity index (χ2n) is 4.20. The molecule has 0 aromatic carbocycles. The van der Waals surface area contributed by atoms with E-state index in [9.17, 15) is 38.4 Å². The number of Topliss-reactive ketones (excluding diaryl/α,β-unsaturated/α-hetero) is 2. The van der Waals surface area contributed by atoms with Crippen LogP contribution in [-0.4, -0.2) is 39.6 Å². The molecule has 0 aliphatic rings. The molecule has 8 nitrogen and oxygen atoms in total. The molecule has 0 aromatic heterocycles. The van der Waals surface area contributed by atoms with E-state index in [1.165, 1.54) is 13.8 Å². The van der Waals surface area contributed by atoms with Gasteiger partial charge in [0.05, 0.1) is 6.42 Å². The zero-order valence-corrected chi connectivity index (χ0v) is 13.8. The third-order valence-electron chi connectivity index (χ3n) is 2.16. The van der Waals surface area contributed by atoms with Crippen molar-refractivity contribution in [3.05, 3.63) is 0 Å². The van der Waals surface area contributed by atoms with Crippen LogP contribution < -0.4 is 0 Å². The summed E-state index contributed by atoms with van der Waals surface area (Å²) in [5, 5.41) is 0. The SMILES string of the molecule is CC(=O)CC(C)=O.O=[CH][W]([CH]=O)([CH]=O)([CH]=O)([CH]=O)[CH]=O. The van der Waals surface area contributed by atoms with Crippen molar-refractivity contribution in [3.63, 3.8) is 0 Å². The van der Waals surface area contributed by atoms with Crippen LogP contribution in [0.15, 0.2) is 0 Å². The van der Waals surface area contributed by atoms with Gasteiger partial charge in [-0.15, -0.1) is 0 Å². The maximum atomic E-state index is 10.6. The first-order valence-corrected chi connectivity index (χ1v) is 15.1. The molecule has 0 aromatic rings. The standard InChI is InChI=1S/C5H8O2.6CHO.W/c1-4(6)3-5(2)7;6*1-2;/h3H2,1-2H3;6*1H;. The van der Waals surface area contributed by atoms with Gasteiger partial charge in [0, 0.05) is 0 Å². The monoisotopic (exact) mass is 458 g/mol. The van der Waals surface area contributed by atoms with E-state index < -0.39 is 13.6 Å². The van der Waals surface area contributed by atoms with Gasteiger partial charge >= 0.3 is 70.4 Å². The first-order valence-electron chi connectivity index (χ1n) is 4.94. The van der Waals surface area contributed by atoms with Crippen molar-refractivity contribution >= 4 is 39.6 Å². The zero-order valence-electron chi connectivity index (χ0n) is 10.8. The van der Waals surface area contributed by atoms with Crippen LogP contribution in [-0.2, 0) is 51.9 Å². The fourth-order valence-electron chi connectivity index (χ4n) is 0.691. The van der Waals surface area contributed by atoms with E-state index in [1.54, 1.807) is 0 Å². The molecule has 0 saturated carbocycles. The quantitative estimate of drug-likeness (QED) is 0.331. The van der Waals surface area contributed by atoms with Gasteiger partial charge in [0.25, 0.3) is 0 Å². The van der Waals surface area contributed by atoms with Crippen molar-refractivity contribution < 1.29 is 51.9 Å². The third kappa shape index (κ3) is 3.54. The van der Waals surface area contributed by atoms with E-state index in [0.717, 1.165) is 0 Å². The Balaban J connectivity index is 0. The van der Waals surface area contributed by atoms with Crippen molar-refractivity contribution in [2.24, 2.45) is 0 Å². The van der Waals surface area contributed by atoms with Crippen LogP contribution in [0.3, 0.4) is 0 Å². The second kappa shape index (κ2) is 6.47. The topological polar surface area (TPSA) is 137 Å². The molecule has 0 radical (unpaired) electrons. The summed E-state index contributed by atoms with van der Waals surface area (Å²) in [5.41, 5.74) is 0. The van der Waals surface area contributed by atoms with Crippen molar-refractivity contribution in [2.75, 3.05) is 0 Å². The Morgan fingerprint density at radius 2 is 0.850 bits per heavy atom. The minimum atomic E-state index is -6.79. The van der Waals surface area contributed by atoms with Crippen LogP contribution in [0.4, 0.5) is 0 Å². The van der Waals surface area contributed by atoms with Crippen LogP contribution >= 0.6 is 0 Å². The summed E-state index contributed by atoms with van der Waals surface area (Å²) >= 11 is -6.79. The summed E-state index contributed by atoms with van der Waals surface area (Å²) in [7, 11) is 0. The Labute approximate surface area is 112 Å². The molecule has 0 spiro atoms. The first kappa shape index (κ1) is 20.4. The number of ketones is 2. The first-order chi connectivity index (χ1) is 9.10. The van der Waals surface area contributed by atoms with E-state index in [2.05, 4.69) is 0 Å². The van der Waals surface area contributed by atoms with Gasteiger partial charge in [-0.05, 0) is 13.8 Å². The number of hydrogen-bond donors (Lipinski definition) is 0. The molecule has 0 fully saturated rings. The van der Waals surface area contributed by atoms with Gasteiger partial charge in [-0.2, -0.15) is 0 Å². The predicted molar refractivity (Wildman–Crippen MR) is 66.5 cm³/mol. The van der Waals surface area contributed by atoms with E-state index in [-0.39, 0.29) is 46.0 Å². The number of hydrogen-bond acceptors (Lipinski definition) is 8. The molecule has 0 aliphatic heterocycles. The Bertz CT molecular complexity index is 395. The average molecular weight is 458 g/mol. The average Bonchev–Trinajstić information content (AvgIpc) is 2.44. The summed E-state index contributed by atoms with van der Waals surface area (Å²) in [6.45, 7) is 2.81. The summed E-state index contributed by atoms with van der Waals surface area (Å²) in [5.74, 6) is -0.125. The van der Waals surface area contributed by atoms with E-state index in [1.807, 2.05) is 0 Å². The number of carbonyl (C=O) groups excluding carboxylic acids is 8. The molecule has 112 valence electrons. The van der Waals surface area contributed by atoms with E-state index in [4.69, 9.17) is 0 Å². The molecule has 20 heavy (non-hydrogen) atoms. The Morgan fingerprint density at radius 3 is 0.850 bits per heavy atom. The van der Waals surface area contributed by atoms with Gasteiger partial charge in [-0.1, -0.05) is 0 Å². The molecule has 9 heteroatoms. The summed E-state index contributed by atoms with van der Waals surface area (Å²) in [4.78, 5) is 83.4. The second-order valence-corrected chi connectivity index (χ2v) is 23.0. The molecular formula is C11H14O8W. The normalized spacial score (nSPS) is 13.1. The van der Waals surface area contributed by atoms with Crippen molar-refractivity contribution in [3.8, 4) is 0 Å². The minimum absolute atomic E-state index is 0.0625. The fourth-order valence-corrected chi connectivity index (χ4v) is 3.14. The molecule has 0 unspecified atom stereocenters. The van der Waals surface area contributed by atoms with Crippen molar-refractivity contribution in [2.45, 2.75) is 20.3 Å². The summed E-state index contributed by atoms with van der Waals surface area (Å²) < 4.78 is -2.29. The fraction of sp³-hybridized carbons (Fsp3) is 0.273. The molecule has 0 aliphatic carbocycles. The molecule has 0 rings (SSSR count). The Kier molecular flexibility index (Phi) is 6.59. The molecule has 0 amide bonds. The predicted octanol–water partition coefficient (Wildman–Crippen LogP) is -1.09. The molecule has 0 bridgehead atoms. The molecular weight excluding hydrogens is 444 g/mol. The van der Waals surface area contributed by atoms with Gasteiger partial charge in [0.15, 0.2) is 0 Å². The number of rotatable bonds is 8. The summed E-state index contributed by atoms with van der Waals surface area (Å²) in [6.07, 6.45) is 0.0833. The third-order valence-corrected chi connectivity index (χ3v) is 14.1.